The maximum Gasteiger partial charge on any atom is 0.162 e. The molecule has 0 amide bonds. The van der Waals surface area contributed by atoms with Gasteiger partial charge in [-0.2, -0.15) is 0 Å². The van der Waals surface area contributed by atoms with E-state index in [1.165, 1.54) is 24.8 Å². The molecule has 1 aromatic rings. The minimum Gasteiger partial charge on any atom is -0.383 e. The first-order valence-corrected chi connectivity index (χ1v) is 7.96. The number of rotatable bonds is 5. The maximum absolute atomic E-state index is 6.21. The molecular formula is C16H27N3O. The van der Waals surface area contributed by atoms with Gasteiger partial charge in [0, 0.05) is 17.9 Å². The Labute approximate surface area is 122 Å². The summed E-state index contributed by atoms with van der Waals surface area (Å²) < 4.78 is 6.01. The van der Waals surface area contributed by atoms with E-state index in [1.807, 2.05) is 6.92 Å². The average Bonchev–Trinajstić information content (AvgIpc) is 2.70. The molecule has 0 radical (unpaired) electrons. The van der Waals surface area contributed by atoms with Crippen LogP contribution in [-0.4, -0.2) is 16.6 Å². The van der Waals surface area contributed by atoms with Gasteiger partial charge in [0.05, 0.1) is 0 Å². The van der Waals surface area contributed by atoms with Crippen molar-refractivity contribution in [1.29, 1.82) is 0 Å². The standard InChI is InChI=1S/C16H27N3O/c1-4-16(5-2,20-6-3)15-18-13-11-9-7-8-10-12(13)14(17)19-15/h4-11H2,1-3H3,(H2,17,18,19). The van der Waals surface area contributed by atoms with Crippen LogP contribution in [0.5, 0.6) is 0 Å². The van der Waals surface area contributed by atoms with E-state index in [4.69, 9.17) is 15.5 Å². The fraction of sp³-hybridized carbons (Fsp3) is 0.750. The summed E-state index contributed by atoms with van der Waals surface area (Å²) in [6, 6.07) is 0. The van der Waals surface area contributed by atoms with Gasteiger partial charge in [-0.3, -0.25) is 0 Å². The molecule has 0 saturated heterocycles. The highest BCUT2D eigenvalue weighted by Gasteiger charge is 2.33. The third kappa shape index (κ3) is 2.80. The first kappa shape index (κ1) is 15.2. The first-order valence-electron chi connectivity index (χ1n) is 7.96. The van der Waals surface area contributed by atoms with Gasteiger partial charge in [0.1, 0.15) is 11.4 Å². The second-order valence-corrected chi connectivity index (χ2v) is 5.55. The van der Waals surface area contributed by atoms with E-state index in [2.05, 4.69) is 18.8 Å². The Morgan fingerprint density at radius 2 is 1.75 bits per heavy atom. The Bertz CT molecular complexity index is 455. The number of ether oxygens (including phenoxy) is 1. The molecule has 1 aliphatic rings. The maximum atomic E-state index is 6.21. The van der Waals surface area contributed by atoms with Crippen molar-refractivity contribution < 1.29 is 4.74 Å². The van der Waals surface area contributed by atoms with E-state index >= 15 is 0 Å². The molecule has 0 aromatic carbocycles. The SMILES string of the molecule is CCOC(CC)(CC)c1nc(N)c2c(n1)CCCCC2. The molecule has 0 bridgehead atoms. The number of nitrogens with two attached hydrogens (primary N) is 1. The Balaban J connectivity index is 2.46. The quantitative estimate of drug-likeness (QED) is 0.838. The van der Waals surface area contributed by atoms with Crippen molar-refractivity contribution in [3.63, 3.8) is 0 Å². The lowest BCUT2D eigenvalue weighted by Gasteiger charge is -2.30. The number of nitrogens with zero attached hydrogens (tertiary/aromatic N) is 2. The van der Waals surface area contributed by atoms with E-state index in [0.717, 1.165) is 37.2 Å². The molecule has 0 aliphatic heterocycles. The van der Waals surface area contributed by atoms with Gasteiger partial charge in [0.15, 0.2) is 5.82 Å². The van der Waals surface area contributed by atoms with Gasteiger partial charge in [-0.1, -0.05) is 20.3 Å². The normalized spacial score (nSPS) is 15.8. The molecule has 20 heavy (non-hydrogen) atoms. The number of fused-ring (bicyclic) bond motifs is 1. The minimum atomic E-state index is -0.385. The molecule has 0 fully saturated rings. The molecule has 112 valence electrons. The van der Waals surface area contributed by atoms with Crippen molar-refractivity contribution in [1.82, 2.24) is 9.97 Å². The summed E-state index contributed by atoms with van der Waals surface area (Å²) >= 11 is 0. The number of aromatic nitrogens is 2. The topological polar surface area (TPSA) is 61.0 Å². The summed E-state index contributed by atoms with van der Waals surface area (Å²) in [6.07, 6.45) is 7.42. The smallest absolute Gasteiger partial charge is 0.162 e. The number of aryl methyl sites for hydroxylation is 1. The predicted octanol–water partition coefficient (Wildman–Crippen LogP) is 3.38. The van der Waals surface area contributed by atoms with Crippen molar-refractivity contribution in [3.05, 3.63) is 17.1 Å². The first-order chi connectivity index (χ1) is 9.66. The fourth-order valence-corrected chi connectivity index (χ4v) is 3.11. The highest BCUT2D eigenvalue weighted by molar-refractivity contribution is 5.43. The largest absolute Gasteiger partial charge is 0.383 e. The van der Waals surface area contributed by atoms with Crippen LogP contribution in [0.3, 0.4) is 0 Å². The molecule has 0 unspecified atom stereocenters. The fourth-order valence-electron chi connectivity index (χ4n) is 3.11. The van der Waals surface area contributed by atoms with Crippen LogP contribution < -0.4 is 5.73 Å². The average molecular weight is 277 g/mol. The van der Waals surface area contributed by atoms with Crippen LogP contribution in [-0.2, 0) is 23.2 Å². The molecule has 1 heterocycles. The van der Waals surface area contributed by atoms with Gasteiger partial charge in [0.2, 0.25) is 0 Å². The summed E-state index contributed by atoms with van der Waals surface area (Å²) in [7, 11) is 0. The summed E-state index contributed by atoms with van der Waals surface area (Å²) in [5, 5.41) is 0. The van der Waals surface area contributed by atoms with Crippen molar-refractivity contribution >= 4 is 5.82 Å². The molecule has 1 aromatic heterocycles. The number of hydrogen-bond donors (Lipinski definition) is 1. The van der Waals surface area contributed by atoms with Crippen LogP contribution in [0.15, 0.2) is 0 Å². The molecule has 0 spiro atoms. The lowest BCUT2D eigenvalue weighted by atomic mass is 9.95. The van der Waals surface area contributed by atoms with Crippen LogP contribution in [0.25, 0.3) is 0 Å². The summed E-state index contributed by atoms with van der Waals surface area (Å²) in [5.74, 6) is 1.44. The van der Waals surface area contributed by atoms with Crippen molar-refractivity contribution in [2.75, 3.05) is 12.3 Å². The molecule has 0 atom stereocenters. The zero-order valence-electron chi connectivity index (χ0n) is 13.0. The van der Waals surface area contributed by atoms with Gasteiger partial charge >= 0.3 is 0 Å². The third-order valence-electron chi connectivity index (χ3n) is 4.44. The molecule has 2 rings (SSSR count). The van der Waals surface area contributed by atoms with E-state index in [0.29, 0.717) is 12.4 Å². The molecule has 4 heteroatoms. The molecule has 4 nitrogen and oxygen atoms in total. The minimum absolute atomic E-state index is 0.385. The van der Waals surface area contributed by atoms with Gasteiger partial charge in [0.25, 0.3) is 0 Å². The van der Waals surface area contributed by atoms with E-state index < -0.39 is 0 Å². The molecule has 1 aliphatic carbocycles. The van der Waals surface area contributed by atoms with E-state index in [-0.39, 0.29) is 5.60 Å². The second kappa shape index (κ2) is 6.53. The zero-order chi connectivity index (χ0) is 14.6. The van der Waals surface area contributed by atoms with E-state index in [1.54, 1.807) is 0 Å². The summed E-state index contributed by atoms with van der Waals surface area (Å²) in [4.78, 5) is 9.45. The van der Waals surface area contributed by atoms with Gasteiger partial charge < -0.3 is 10.5 Å². The number of hydrogen-bond acceptors (Lipinski definition) is 4. The van der Waals surface area contributed by atoms with Crippen molar-refractivity contribution in [3.8, 4) is 0 Å². The van der Waals surface area contributed by atoms with Gasteiger partial charge in [-0.05, 0) is 45.4 Å². The molecular weight excluding hydrogens is 250 g/mol. The second-order valence-electron chi connectivity index (χ2n) is 5.55. The number of anilines is 1. The van der Waals surface area contributed by atoms with Crippen molar-refractivity contribution in [2.45, 2.75) is 71.3 Å². The highest BCUT2D eigenvalue weighted by atomic mass is 16.5. The van der Waals surface area contributed by atoms with Gasteiger partial charge in [-0.15, -0.1) is 0 Å². The predicted molar refractivity (Wildman–Crippen MR) is 81.6 cm³/mol. The number of nitrogen functional groups attached to an aromatic ring is 1. The van der Waals surface area contributed by atoms with Crippen LogP contribution in [0.2, 0.25) is 0 Å². The van der Waals surface area contributed by atoms with Crippen LogP contribution in [0.1, 0.15) is 70.0 Å². The Morgan fingerprint density at radius 3 is 2.40 bits per heavy atom. The Hall–Kier alpha value is -1.16. The van der Waals surface area contributed by atoms with Crippen LogP contribution in [0.4, 0.5) is 5.82 Å². The summed E-state index contributed by atoms with van der Waals surface area (Å²) in [6.45, 7) is 6.95. The van der Waals surface area contributed by atoms with E-state index in [9.17, 15) is 0 Å². The van der Waals surface area contributed by atoms with Crippen LogP contribution >= 0.6 is 0 Å². The third-order valence-corrected chi connectivity index (χ3v) is 4.44. The Kier molecular flexibility index (Phi) is 4.97. The lowest BCUT2D eigenvalue weighted by Crippen LogP contribution is -2.32. The van der Waals surface area contributed by atoms with Crippen LogP contribution in [0, 0.1) is 0 Å². The highest BCUT2D eigenvalue weighted by Crippen LogP contribution is 2.33. The zero-order valence-corrected chi connectivity index (χ0v) is 13.0. The summed E-state index contributed by atoms with van der Waals surface area (Å²) in [5.41, 5.74) is 8.14. The monoisotopic (exact) mass is 277 g/mol. The van der Waals surface area contributed by atoms with Crippen molar-refractivity contribution in [2.24, 2.45) is 0 Å². The molecule has 2 N–H and O–H groups in total. The lowest BCUT2D eigenvalue weighted by molar-refractivity contribution is -0.0572. The molecule has 0 saturated carbocycles. The van der Waals surface area contributed by atoms with Gasteiger partial charge in [-0.25, -0.2) is 9.97 Å². The Morgan fingerprint density at radius 1 is 1.05 bits per heavy atom.